The molecule has 1 heterocycles. The first kappa shape index (κ1) is 17.6. The molecule has 0 fully saturated rings. The van der Waals surface area contributed by atoms with E-state index in [9.17, 15) is 9.59 Å². The molecular formula is C19H21N3O4. The third kappa shape index (κ3) is 4.05. The number of hydrogen-bond acceptors (Lipinski definition) is 4. The van der Waals surface area contributed by atoms with Gasteiger partial charge in [-0.05, 0) is 41.8 Å². The number of carbonyl (C=O) groups excluding carboxylic acids is 2. The summed E-state index contributed by atoms with van der Waals surface area (Å²) in [5, 5.41) is 5.58. The molecule has 3 amide bonds. The fourth-order valence-corrected chi connectivity index (χ4v) is 2.91. The zero-order valence-corrected chi connectivity index (χ0v) is 14.7. The topological polar surface area (TPSA) is 79.9 Å². The number of carbonyl (C=O) groups is 2. The van der Waals surface area contributed by atoms with Crippen LogP contribution in [0, 0.1) is 0 Å². The molecule has 2 aromatic carbocycles. The van der Waals surface area contributed by atoms with E-state index < -0.39 is 0 Å². The van der Waals surface area contributed by atoms with E-state index in [1.807, 2.05) is 18.2 Å². The Kier molecular flexibility index (Phi) is 5.26. The molecule has 0 bridgehead atoms. The second kappa shape index (κ2) is 7.77. The number of hydrogen-bond donors (Lipinski definition) is 2. The standard InChI is InChI=1S/C19H21N3O4/c1-25-17-5-3-4-15(11-17)20-18(23)21-16-7-6-13-8-9-22(19(24)26-2)12-14(13)10-16/h3-7,10-11H,8-9,12H2,1-2H3,(H2,20,21,23). The Labute approximate surface area is 151 Å². The Hall–Kier alpha value is -3.22. The number of anilines is 2. The number of nitrogens with one attached hydrogen (secondary N) is 2. The van der Waals surface area contributed by atoms with E-state index >= 15 is 0 Å². The zero-order valence-electron chi connectivity index (χ0n) is 14.7. The summed E-state index contributed by atoms with van der Waals surface area (Å²) in [5.74, 6) is 0.666. The Bertz CT molecular complexity index is 822. The SMILES string of the molecule is COC(=O)N1CCc2ccc(NC(=O)Nc3cccc(OC)c3)cc2C1. The first-order valence-electron chi connectivity index (χ1n) is 8.26. The van der Waals surface area contributed by atoms with Crippen LogP contribution in [-0.4, -0.2) is 37.8 Å². The lowest BCUT2D eigenvalue weighted by molar-refractivity contribution is 0.118. The molecule has 3 rings (SSSR count). The maximum atomic E-state index is 12.2. The first-order valence-corrected chi connectivity index (χ1v) is 8.26. The van der Waals surface area contributed by atoms with Gasteiger partial charge in [0.05, 0.1) is 14.2 Å². The average Bonchev–Trinajstić information content (AvgIpc) is 2.66. The normalized spacial score (nSPS) is 12.8. The molecule has 0 unspecified atom stereocenters. The summed E-state index contributed by atoms with van der Waals surface area (Å²) in [6.07, 6.45) is 0.422. The highest BCUT2D eigenvalue weighted by molar-refractivity contribution is 5.99. The number of rotatable bonds is 3. The first-order chi connectivity index (χ1) is 12.6. The molecule has 0 atom stereocenters. The highest BCUT2D eigenvalue weighted by Crippen LogP contribution is 2.23. The average molecular weight is 355 g/mol. The summed E-state index contributed by atoms with van der Waals surface area (Å²) < 4.78 is 9.92. The number of methoxy groups -OCH3 is 2. The van der Waals surface area contributed by atoms with Gasteiger partial charge < -0.3 is 25.0 Å². The van der Waals surface area contributed by atoms with Gasteiger partial charge in [-0.1, -0.05) is 12.1 Å². The molecule has 136 valence electrons. The van der Waals surface area contributed by atoms with Gasteiger partial charge in [-0.15, -0.1) is 0 Å². The Morgan fingerprint density at radius 2 is 1.77 bits per heavy atom. The van der Waals surface area contributed by atoms with Gasteiger partial charge in [0.2, 0.25) is 0 Å². The van der Waals surface area contributed by atoms with Crippen LogP contribution in [0.3, 0.4) is 0 Å². The third-order valence-corrected chi connectivity index (χ3v) is 4.24. The Morgan fingerprint density at radius 3 is 2.50 bits per heavy atom. The Morgan fingerprint density at radius 1 is 1.00 bits per heavy atom. The molecule has 0 spiro atoms. The molecule has 26 heavy (non-hydrogen) atoms. The molecule has 1 aliphatic rings. The fraction of sp³-hybridized carbons (Fsp3) is 0.263. The summed E-state index contributed by atoms with van der Waals surface area (Å²) in [6.45, 7) is 1.10. The molecule has 7 nitrogen and oxygen atoms in total. The largest absolute Gasteiger partial charge is 0.497 e. The van der Waals surface area contributed by atoms with Gasteiger partial charge >= 0.3 is 12.1 Å². The molecule has 0 aromatic heterocycles. The number of amides is 3. The summed E-state index contributed by atoms with van der Waals surface area (Å²) in [5.41, 5.74) is 3.47. The van der Waals surface area contributed by atoms with Crippen LogP contribution in [0.5, 0.6) is 5.75 Å². The van der Waals surface area contributed by atoms with Gasteiger partial charge in [0.15, 0.2) is 0 Å². The number of fused-ring (bicyclic) bond motifs is 1. The van der Waals surface area contributed by atoms with Crippen molar-refractivity contribution < 1.29 is 19.1 Å². The smallest absolute Gasteiger partial charge is 0.409 e. The predicted octanol–water partition coefficient (Wildman–Crippen LogP) is 3.46. The lowest BCUT2D eigenvalue weighted by Gasteiger charge is -2.28. The monoisotopic (exact) mass is 355 g/mol. The van der Waals surface area contributed by atoms with Crippen LogP contribution >= 0.6 is 0 Å². The Balaban J connectivity index is 1.67. The molecule has 0 aliphatic carbocycles. The minimum Gasteiger partial charge on any atom is -0.497 e. The van der Waals surface area contributed by atoms with Gasteiger partial charge in [0, 0.05) is 30.5 Å². The van der Waals surface area contributed by atoms with Gasteiger partial charge in [-0.2, -0.15) is 0 Å². The van der Waals surface area contributed by atoms with Crippen molar-refractivity contribution in [3.05, 3.63) is 53.6 Å². The van der Waals surface area contributed by atoms with Crippen LogP contribution in [0.25, 0.3) is 0 Å². The lowest BCUT2D eigenvalue weighted by atomic mass is 9.99. The van der Waals surface area contributed by atoms with E-state index in [4.69, 9.17) is 9.47 Å². The molecule has 0 saturated carbocycles. The quantitative estimate of drug-likeness (QED) is 0.884. The van der Waals surface area contributed by atoms with Gasteiger partial charge in [-0.25, -0.2) is 9.59 Å². The summed E-state index contributed by atoms with van der Waals surface area (Å²) in [7, 11) is 2.95. The van der Waals surface area contributed by atoms with Crippen molar-refractivity contribution in [2.24, 2.45) is 0 Å². The van der Waals surface area contributed by atoms with Crippen molar-refractivity contribution in [2.75, 3.05) is 31.4 Å². The van der Waals surface area contributed by atoms with E-state index in [0.717, 1.165) is 12.0 Å². The maximum absolute atomic E-state index is 12.2. The zero-order chi connectivity index (χ0) is 18.5. The summed E-state index contributed by atoms with van der Waals surface area (Å²) in [4.78, 5) is 25.6. The van der Waals surface area contributed by atoms with Crippen LogP contribution in [-0.2, 0) is 17.7 Å². The van der Waals surface area contributed by atoms with Crippen LogP contribution < -0.4 is 15.4 Å². The maximum Gasteiger partial charge on any atom is 0.409 e. The number of ether oxygens (including phenoxy) is 2. The van der Waals surface area contributed by atoms with Gasteiger partial charge in [0.25, 0.3) is 0 Å². The minimum absolute atomic E-state index is 0.343. The van der Waals surface area contributed by atoms with Crippen LogP contribution in [0.1, 0.15) is 11.1 Å². The van der Waals surface area contributed by atoms with E-state index in [-0.39, 0.29) is 12.1 Å². The molecule has 0 radical (unpaired) electrons. The number of benzene rings is 2. The van der Waals surface area contributed by atoms with Crippen molar-refractivity contribution in [1.29, 1.82) is 0 Å². The van der Waals surface area contributed by atoms with Crippen LogP contribution in [0.2, 0.25) is 0 Å². The number of urea groups is 1. The minimum atomic E-state index is -0.348. The fourth-order valence-electron chi connectivity index (χ4n) is 2.91. The van der Waals surface area contributed by atoms with Crippen molar-refractivity contribution in [3.8, 4) is 5.75 Å². The predicted molar refractivity (Wildman–Crippen MR) is 98.6 cm³/mol. The molecular weight excluding hydrogens is 334 g/mol. The van der Waals surface area contributed by atoms with E-state index in [1.54, 1.807) is 36.3 Å². The highest BCUT2D eigenvalue weighted by atomic mass is 16.5. The second-order valence-electron chi connectivity index (χ2n) is 5.94. The third-order valence-electron chi connectivity index (χ3n) is 4.24. The molecule has 2 aromatic rings. The number of nitrogens with zero attached hydrogens (tertiary/aromatic N) is 1. The molecule has 7 heteroatoms. The van der Waals surface area contributed by atoms with E-state index in [2.05, 4.69) is 10.6 Å². The molecule has 2 N–H and O–H groups in total. The summed E-state index contributed by atoms with van der Waals surface area (Å²) >= 11 is 0. The van der Waals surface area contributed by atoms with E-state index in [0.29, 0.717) is 30.2 Å². The van der Waals surface area contributed by atoms with Crippen molar-refractivity contribution >= 4 is 23.5 Å². The van der Waals surface area contributed by atoms with Crippen LogP contribution in [0.4, 0.5) is 21.0 Å². The summed E-state index contributed by atoms with van der Waals surface area (Å²) in [6, 6.07) is 12.5. The van der Waals surface area contributed by atoms with Crippen molar-refractivity contribution in [1.82, 2.24) is 4.90 Å². The van der Waals surface area contributed by atoms with E-state index in [1.165, 1.54) is 12.7 Å². The highest BCUT2D eigenvalue weighted by Gasteiger charge is 2.21. The van der Waals surface area contributed by atoms with Gasteiger partial charge in [-0.3, -0.25) is 0 Å². The molecule has 0 saturated heterocycles. The van der Waals surface area contributed by atoms with Gasteiger partial charge in [0.1, 0.15) is 5.75 Å². The van der Waals surface area contributed by atoms with Crippen molar-refractivity contribution in [2.45, 2.75) is 13.0 Å². The lowest BCUT2D eigenvalue weighted by Crippen LogP contribution is -2.35. The molecule has 1 aliphatic heterocycles. The van der Waals surface area contributed by atoms with Crippen LogP contribution in [0.15, 0.2) is 42.5 Å². The second-order valence-corrected chi connectivity index (χ2v) is 5.94. The van der Waals surface area contributed by atoms with Crippen molar-refractivity contribution in [3.63, 3.8) is 0 Å².